The zero-order valence-electron chi connectivity index (χ0n) is 13.9. The summed E-state index contributed by atoms with van der Waals surface area (Å²) < 4.78 is 38.0. The van der Waals surface area contributed by atoms with Gasteiger partial charge in [0, 0.05) is 25.8 Å². The molecule has 1 aromatic rings. The molecule has 0 bridgehead atoms. The molecule has 0 spiro atoms. The third-order valence-corrected chi connectivity index (χ3v) is 5.95. The zero-order valence-corrected chi connectivity index (χ0v) is 14.7. The molecule has 7 heteroatoms. The summed E-state index contributed by atoms with van der Waals surface area (Å²) in [4.78, 5) is 0.190. The number of rotatable bonds is 7. The van der Waals surface area contributed by atoms with Gasteiger partial charge in [0.15, 0.2) is 11.5 Å². The second-order valence-electron chi connectivity index (χ2n) is 5.72. The van der Waals surface area contributed by atoms with E-state index < -0.39 is 10.0 Å². The van der Waals surface area contributed by atoms with Gasteiger partial charge in [-0.25, -0.2) is 8.42 Å². The van der Waals surface area contributed by atoms with E-state index in [-0.39, 0.29) is 23.3 Å². The Bertz CT molecular complexity index is 631. The highest BCUT2D eigenvalue weighted by molar-refractivity contribution is 7.89. The van der Waals surface area contributed by atoms with E-state index in [0.717, 1.165) is 0 Å². The largest absolute Gasteiger partial charge is 0.490 e. The Kier molecular flexibility index (Phi) is 5.89. The molecule has 23 heavy (non-hydrogen) atoms. The quantitative estimate of drug-likeness (QED) is 0.816. The Morgan fingerprint density at radius 2 is 1.83 bits per heavy atom. The summed E-state index contributed by atoms with van der Waals surface area (Å²) in [5.74, 6) is 1.10. The molecule has 0 aliphatic carbocycles. The summed E-state index contributed by atoms with van der Waals surface area (Å²) in [5.41, 5.74) is 0. The average molecular weight is 343 g/mol. The minimum Gasteiger partial charge on any atom is -0.490 e. The molecular weight excluding hydrogens is 318 g/mol. The lowest BCUT2D eigenvalue weighted by atomic mass is 10.00. The lowest BCUT2D eigenvalue weighted by Gasteiger charge is -2.18. The minimum atomic E-state index is -3.60. The molecular formula is C16H25NO5S. The Morgan fingerprint density at radius 3 is 2.39 bits per heavy atom. The third-order valence-electron chi connectivity index (χ3n) is 4.12. The molecule has 1 N–H and O–H groups in total. The average Bonchev–Trinajstić information content (AvgIpc) is 2.91. The van der Waals surface area contributed by atoms with E-state index in [0.29, 0.717) is 37.8 Å². The van der Waals surface area contributed by atoms with Crippen molar-refractivity contribution in [3.05, 3.63) is 18.2 Å². The number of hydrogen-bond donors (Lipinski definition) is 1. The van der Waals surface area contributed by atoms with Crippen molar-refractivity contribution in [3.63, 3.8) is 0 Å². The highest BCUT2D eigenvalue weighted by Crippen LogP contribution is 2.33. The van der Waals surface area contributed by atoms with E-state index in [1.54, 1.807) is 12.1 Å². The predicted octanol–water partition coefficient (Wildman–Crippen LogP) is 1.73. The fourth-order valence-electron chi connectivity index (χ4n) is 2.76. The third kappa shape index (κ3) is 3.79. The van der Waals surface area contributed by atoms with Crippen molar-refractivity contribution >= 4 is 10.0 Å². The Morgan fingerprint density at radius 1 is 1.17 bits per heavy atom. The number of ether oxygens (including phenoxy) is 2. The van der Waals surface area contributed by atoms with E-state index in [1.807, 2.05) is 20.8 Å². The monoisotopic (exact) mass is 343 g/mol. The number of aliphatic hydroxyl groups excluding tert-OH is 1. The smallest absolute Gasteiger partial charge is 0.243 e. The molecule has 130 valence electrons. The van der Waals surface area contributed by atoms with Crippen LogP contribution in [0.15, 0.2) is 23.1 Å². The first kappa shape index (κ1) is 18.0. The Labute approximate surface area is 138 Å². The number of nitrogens with zero attached hydrogens (tertiary/aromatic N) is 1. The van der Waals surface area contributed by atoms with Gasteiger partial charge in [0.2, 0.25) is 10.0 Å². The van der Waals surface area contributed by atoms with Crippen LogP contribution in [0, 0.1) is 11.8 Å². The van der Waals surface area contributed by atoms with Crippen molar-refractivity contribution < 1.29 is 23.0 Å². The fourth-order valence-corrected chi connectivity index (χ4v) is 4.37. The molecule has 1 heterocycles. The van der Waals surface area contributed by atoms with Gasteiger partial charge in [-0.1, -0.05) is 6.92 Å². The SMILES string of the molecule is CCOc1ccc(S(=O)(=O)N2C[C@@H](CO)[C@H](C)C2)cc1OCC. The molecule has 0 amide bonds. The lowest BCUT2D eigenvalue weighted by Crippen LogP contribution is -2.29. The summed E-state index contributed by atoms with van der Waals surface area (Å²) in [6, 6.07) is 4.69. The van der Waals surface area contributed by atoms with Crippen LogP contribution in [-0.4, -0.2) is 50.7 Å². The summed E-state index contributed by atoms with van der Waals surface area (Å²) in [6.07, 6.45) is 0. The molecule has 0 radical (unpaired) electrons. The molecule has 2 atom stereocenters. The molecule has 0 aromatic heterocycles. The number of sulfonamides is 1. The van der Waals surface area contributed by atoms with E-state index in [2.05, 4.69) is 0 Å². The van der Waals surface area contributed by atoms with Crippen LogP contribution in [0.4, 0.5) is 0 Å². The first-order valence-corrected chi connectivity index (χ1v) is 9.38. The van der Waals surface area contributed by atoms with Crippen molar-refractivity contribution in [2.45, 2.75) is 25.7 Å². The zero-order chi connectivity index (χ0) is 17.0. The molecule has 1 aliphatic heterocycles. The maximum absolute atomic E-state index is 12.8. The molecule has 0 unspecified atom stereocenters. The molecule has 1 saturated heterocycles. The molecule has 2 rings (SSSR count). The molecule has 6 nitrogen and oxygen atoms in total. The van der Waals surface area contributed by atoms with Crippen molar-refractivity contribution in [1.82, 2.24) is 4.31 Å². The standard InChI is InChI=1S/C16H25NO5S/c1-4-21-15-7-6-14(8-16(15)22-5-2)23(19,20)17-9-12(3)13(10-17)11-18/h6-8,12-13,18H,4-5,9-11H2,1-3H3/t12-,13+/m1/s1. The van der Waals surface area contributed by atoms with Gasteiger partial charge in [-0.15, -0.1) is 0 Å². The van der Waals surface area contributed by atoms with Gasteiger partial charge < -0.3 is 14.6 Å². The van der Waals surface area contributed by atoms with Crippen molar-refractivity contribution in [2.75, 3.05) is 32.9 Å². The predicted molar refractivity (Wildman–Crippen MR) is 87.3 cm³/mol. The van der Waals surface area contributed by atoms with Crippen LogP contribution in [0.5, 0.6) is 11.5 Å². The lowest BCUT2D eigenvalue weighted by molar-refractivity contribution is 0.210. The molecule has 1 aromatic carbocycles. The van der Waals surface area contributed by atoms with Crippen LogP contribution >= 0.6 is 0 Å². The second kappa shape index (κ2) is 7.51. The molecule has 1 aliphatic rings. The van der Waals surface area contributed by atoms with E-state index in [1.165, 1.54) is 10.4 Å². The Hall–Kier alpha value is -1.31. The van der Waals surface area contributed by atoms with E-state index in [4.69, 9.17) is 9.47 Å². The topological polar surface area (TPSA) is 76.1 Å². The van der Waals surface area contributed by atoms with Crippen molar-refractivity contribution in [3.8, 4) is 11.5 Å². The van der Waals surface area contributed by atoms with Crippen LogP contribution in [0.2, 0.25) is 0 Å². The first-order valence-electron chi connectivity index (χ1n) is 7.94. The minimum absolute atomic E-state index is 0.000655. The van der Waals surface area contributed by atoms with Crippen LogP contribution in [0.1, 0.15) is 20.8 Å². The number of hydrogen-bond acceptors (Lipinski definition) is 5. The molecule has 1 fully saturated rings. The van der Waals surface area contributed by atoms with Crippen LogP contribution in [0.3, 0.4) is 0 Å². The Balaban J connectivity index is 2.31. The summed E-state index contributed by atoms with van der Waals surface area (Å²) >= 11 is 0. The highest BCUT2D eigenvalue weighted by Gasteiger charge is 2.37. The second-order valence-corrected chi connectivity index (χ2v) is 7.65. The van der Waals surface area contributed by atoms with Gasteiger partial charge >= 0.3 is 0 Å². The van der Waals surface area contributed by atoms with Gasteiger partial charge in [0.25, 0.3) is 0 Å². The number of benzene rings is 1. The van der Waals surface area contributed by atoms with Crippen molar-refractivity contribution in [2.24, 2.45) is 11.8 Å². The summed E-state index contributed by atoms with van der Waals surface area (Å²) in [5, 5.41) is 9.34. The maximum Gasteiger partial charge on any atom is 0.243 e. The van der Waals surface area contributed by atoms with Gasteiger partial charge in [-0.05, 0) is 37.8 Å². The summed E-state index contributed by atoms with van der Waals surface area (Å²) in [7, 11) is -3.60. The van der Waals surface area contributed by atoms with Crippen molar-refractivity contribution in [1.29, 1.82) is 0 Å². The fraction of sp³-hybridized carbons (Fsp3) is 0.625. The van der Waals surface area contributed by atoms with Gasteiger partial charge in [0.1, 0.15) is 0 Å². The van der Waals surface area contributed by atoms with Crippen LogP contribution in [-0.2, 0) is 10.0 Å². The van der Waals surface area contributed by atoms with Crippen LogP contribution in [0.25, 0.3) is 0 Å². The molecule has 0 saturated carbocycles. The number of aliphatic hydroxyl groups is 1. The van der Waals surface area contributed by atoms with Crippen LogP contribution < -0.4 is 9.47 Å². The first-order chi connectivity index (χ1) is 10.9. The maximum atomic E-state index is 12.8. The normalized spacial score (nSPS) is 22.3. The van der Waals surface area contributed by atoms with E-state index >= 15 is 0 Å². The summed E-state index contributed by atoms with van der Waals surface area (Å²) in [6.45, 7) is 7.33. The van der Waals surface area contributed by atoms with Gasteiger partial charge in [0.05, 0.1) is 18.1 Å². The highest BCUT2D eigenvalue weighted by atomic mass is 32.2. The van der Waals surface area contributed by atoms with E-state index in [9.17, 15) is 13.5 Å². The van der Waals surface area contributed by atoms with Gasteiger partial charge in [-0.3, -0.25) is 0 Å². The van der Waals surface area contributed by atoms with Gasteiger partial charge in [-0.2, -0.15) is 4.31 Å².